The SMILES string of the molecule is CCOC(=O)[C@H](COCCCC1CCN(C(=O)OCc2ccccc2)CC1)N[C@H]1CCc2ccccc2N(CC(=O)OC(C)(C)C)C1=O. The zero-order chi connectivity index (χ0) is 34.5. The van der Waals surface area contributed by atoms with Crippen molar-refractivity contribution in [2.75, 3.05) is 44.4 Å². The van der Waals surface area contributed by atoms with E-state index in [4.69, 9.17) is 18.9 Å². The molecular weight excluding hydrogens is 614 g/mol. The van der Waals surface area contributed by atoms with Crippen LogP contribution in [0.5, 0.6) is 0 Å². The van der Waals surface area contributed by atoms with Gasteiger partial charge in [-0.1, -0.05) is 48.5 Å². The van der Waals surface area contributed by atoms with Crippen LogP contribution in [0.4, 0.5) is 10.5 Å². The summed E-state index contributed by atoms with van der Waals surface area (Å²) in [6.45, 7) is 9.15. The van der Waals surface area contributed by atoms with Crippen LogP contribution in [0, 0.1) is 5.92 Å². The number of ether oxygens (including phenoxy) is 4. The number of hydrogen-bond donors (Lipinski definition) is 1. The first-order valence-electron chi connectivity index (χ1n) is 17.1. The molecule has 2 amide bonds. The number of nitrogens with zero attached hydrogens (tertiary/aromatic N) is 2. The van der Waals surface area contributed by atoms with E-state index in [0.29, 0.717) is 44.1 Å². The van der Waals surface area contributed by atoms with Gasteiger partial charge in [0.25, 0.3) is 0 Å². The van der Waals surface area contributed by atoms with Crippen LogP contribution in [0.25, 0.3) is 0 Å². The summed E-state index contributed by atoms with van der Waals surface area (Å²) >= 11 is 0. The summed E-state index contributed by atoms with van der Waals surface area (Å²) in [6, 6.07) is 15.6. The zero-order valence-electron chi connectivity index (χ0n) is 28.8. The van der Waals surface area contributed by atoms with Crippen molar-refractivity contribution in [2.24, 2.45) is 5.92 Å². The average molecular weight is 666 g/mol. The number of amides is 2. The third-order valence-electron chi connectivity index (χ3n) is 8.49. The molecule has 0 spiro atoms. The van der Waals surface area contributed by atoms with Gasteiger partial charge in [0, 0.05) is 25.4 Å². The molecule has 262 valence electrons. The van der Waals surface area contributed by atoms with Gasteiger partial charge < -0.3 is 23.8 Å². The van der Waals surface area contributed by atoms with Crippen molar-refractivity contribution in [1.82, 2.24) is 10.2 Å². The largest absolute Gasteiger partial charge is 0.465 e. The number of para-hydroxylation sites is 1. The van der Waals surface area contributed by atoms with Crippen molar-refractivity contribution in [3.05, 3.63) is 65.7 Å². The third-order valence-corrected chi connectivity index (χ3v) is 8.49. The van der Waals surface area contributed by atoms with Crippen molar-refractivity contribution in [1.29, 1.82) is 0 Å². The smallest absolute Gasteiger partial charge is 0.410 e. The highest BCUT2D eigenvalue weighted by Crippen LogP contribution is 2.28. The molecule has 1 fully saturated rings. The van der Waals surface area contributed by atoms with Gasteiger partial charge in [0.2, 0.25) is 5.91 Å². The second kappa shape index (κ2) is 18.0. The third kappa shape index (κ3) is 11.3. The number of benzene rings is 2. The highest BCUT2D eigenvalue weighted by Gasteiger charge is 2.35. The van der Waals surface area contributed by atoms with Crippen LogP contribution in [0.2, 0.25) is 0 Å². The molecule has 2 aromatic carbocycles. The molecule has 0 aliphatic carbocycles. The van der Waals surface area contributed by atoms with E-state index in [1.54, 1.807) is 32.6 Å². The molecule has 1 N–H and O–H groups in total. The fourth-order valence-electron chi connectivity index (χ4n) is 6.10. The number of piperidine rings is 1. The number of esters is 2. The zero-order valence-corrected chi connectivity index (χ0v) is 28.8. The molecule has 0 aromatic heterocycles. The van der Waals surface area contributed by atoms with E-state index in [-0.39, 0.29) is 38.4 Å². The van der Waals surface area contributed by atoms with E-state index in [1.807, 2.05) is 54.6 Å². The molecule has 0 saturated carbocycles. The first kappa shape index (κ1) is 36.9. The molecular formula is C37H51N3O8. The van der Waals surface area contributed by atoms with Crippen molar-refractivity contribution in [3.63, 3.8) is 0 Å². The summed E-state index contributed by atoms with van der Waals surface area (Å²) in [6.07, 6.45) is 4.31. The first-order valence-corrected chi connectivity index (χ1v) is 17.1. The molecule has 2 heterocycles. The van der Waals surface area contributed by atoms with E-state index in [1.165, 1.54) is 4.90 Å². The van der Waals surface area contributed by atoms with Crippen LogP contribution in [-0.4, -0.2) is 86.0 Å². The average Bonchev–Trinajstić information content (AvgIpc) is 3.19. The minimum atomic E-state index is -0.853. The van der Waals surface area contributed by atoms with Crippen molar-refractivity contribution in [3.8, 4) is 0 Å². The number of aryl methyl sites for hydroxylation is 1. The van der Waals surface area contributed by atoms with Crippen LogP contribution in [0.15, 0.2) is 54.6 Å². The molecule has 11 nitrogen and oxygen atoms in total. The monoisotopic (exact) mass is 665 g/mol. The predicted octanol–water partition coefficient (Wildman–Crippen LogP) is 5.04. The van der Waals surface area contributed by atoms with Crippen LogP contribution < -0.4 is 10.2 Å². The van der Waals surface area contributed by atoms with Gasteiger partial charge in [0.1, 0.15) is 24.8 Å². The Morgan fingerprint density at radius 2 is 1.67 bits per heavy atom. The first-order chi connectivity index (χ1) is 23.0. The molecule has 2 aliphatic heterocycles. The van der Waals surface area contributed by atoms with Gasteiger partial charge >= 0.3 is 18.0 Å². The van der Waals surface area contributed by atoms with Crippen molar-refractivity contribution >= 4 is 29.6 Å². The van der Waals surface area contributed by atoms with E-state index in [0.717, 1.165) is 36.8 Å². The second-order valence-corrected chi connectivity index (χ2v) is 13.4. The maximum Gasteiger partial charge on any atom is 0.410 e. The molecule has 4 rings (SSSR count). The van der Waals surface area contributed by atoms with Crippen LogP contribution in [0.3, 0.4) is 0 Å². The molecule has 1 saturated heterocycles. The number of carbonyl (C=O) groups excluding carboxylic acids is 4. The summed E-state index contributed by atoms with van der Waals surface area (Å²) in [4.78, 5) is 55.4. The number of rotatable bonds is 14. The Hall–Kier alpha value is -3.96. The van der Waals surface area contributed by atoms with Gasteiger partial charge in [-0.05, 0) is 89.3 Å². The molecule has 0 radical (unpaired) electrons. The highest BCUT2D eigenvalue weighted by molar-refractivity contribution is 6.02. The molecule has 0 unspecified atom stereocenters. The van der Waals surface area contributed by atoms with Gasteiger partial charge in [0.15, 0.2) is 0 Å². The number of hydrogen-bond acceptors (Lipinski definition) is 9. The van der Waals surface area contributed by atoms with Crippen molar-refractivity contribution < 1.29 is 38.1 Å². The molecule has 2 aromatic rings. The van der Waals surface area contributed by atoms with Crippen LogP contribution in [0.1, 0.15) is 70.9 Å². The maximum atomic E-state index is 13.9. The van der Waals surface area contributed by atoms with Gasteiger partial charge in [-0.2, -0.15) is 0 Å². The van der Waals surface area contributed by atoms with E-state index in [2.05, 4.69) is 5.32 Å². The van der Waals surface area contributed by atoms with E-state index in [9.17, 15) is 19.2 Å². The minimum absolute atomic E-state index is 0.0489. The Morgan fingerprint density at radius 3 is 2.38 bits per heavy atom. The Balaban J connectivity index is 1.25. The highest BCUT2D eigenvalue weighted by atomic mass is 16.6. The predicted molar refractivity (Wildman–Crippen MR) is 181 cm³/mol. The van der Waals surface area contributed by atoms with Gasteiger partial charge in [0.05, 0.1) is 19.3 Å². The number of carbonyl (C=O) groups is 4. The summed E-state index contributed by atoms with van der Waals surface area (Å²) < 4.78 is 22.3. The Labute approximate surface area is 284 Å². The standard InChI is InChI=1S/C37H51N3O8/c1-5-46-35(43)31(26-45-23-11-14-27-19-21-39(22-20-27)36(44)47-25-28-12-7-6-8-13-28)38-30-18-17-29-15-9-10-16-32(29)40(34(30)42)24-33(41)48-37(2,3)4/h6-10,12-13,15-16,27,30-31,38H,5,11,14,17-26H2,1-4H3/t30-,31-/m0/s1. The number of fused-ring (bicyclic) bond motifs is 1. The number of nitrogens with one attached hydrogen (secondary N) is 1. The lowest BCUT2D eigenvalue weighted by Crippen LogP contribution is -2.54. The van der Waals surface area contributed by atoms with Crippen LogP contribution >= 0.6 is 0 Å². The molecule has 11 heteroatoms. The molecule has 2 atom stereocenters. The lowest BCUT2D eigenvalue weighted by molar-refractivity contribution is -0.154. The fourth-order valence-corrected chi connectivity index (χ4v) is 6.10. The van der Waals surface area contributed by atoms with Crippen LogP contribution in [-0.2, 0) is 46.4 Å². The number of likely N-dealkylation sites (tertiary alicyclic amines) is 1. The summed E-state index contributed by atoms with van der Waals surface area (Å²) in [5.74, 6) is -0.829. The van der Waals surface area contributed by atoms with E-state index >= 15 is 0 Å². The minimum Gasteiger partial charge on any atom is -0.465 e. The fraction of sp³-hybridized carbons (Fsp3) is 0.568. The van der Waals surface area contributed by atoms with Gasteiger partial charge in [-0.15, -0.1) is 0 Å². The molecule has 48 heavy (non-hydrogen) atoms. The normalized spacial score (nSPS) is 17.7. The van der Waals surface area contributed by atoms with Gasteiger partial charge in [-0.3, -0.25) is 24.6 Å². The maximum absolute atomic E-state index is 13.9. The summed E-state index contributed by atoms with van der Waals surface area (Å²) in [7, 11) is 0. The Bertz CT molecular complexity index is 1350. The molecule has 2 aliphatic rings. The number of anilines is 1. The lowest BCUT2D eigenvalue weighted by Gasteiger charge is -2.31. The summed E-state index contributed by atoms with van der Waals surface area (Å²) in [5, 5.41) is 3.20. The Kier molecular flexibility index (Phi) is 13.8. The Morgan fingerprint density at radius 1 is 0.958 bits per heavy atom. The van der Waals surface area contributed by atoms with Gasteiger partial charge in [-0.25, -0.2) is 4.79 Å². The topological polar surface area (TPSA) is 124 Å². The molecule has 0 bridgehead atoms. The van der Waals surface area contributed by atoms with Crippen molar-refractivity contribution in [2.45, 2.75) is 90.5 Å². The summed E-state index contributed by atoms with van der Waals surface area (Å²) in [5.41, 5.74) is 1.88. The second-order valence-electron chi connectivity index (χ2n) is 13.4. The van der Waals surface area contributed by atoms with E-state index < -0.39 is 29.6 Å². The quantitative estimate of drug-likeness (QED) is 0.168. The lowest BCUT2D eigenvalue weighted by atomic mass is 9.92.